The molecule has 0 spiro atoms. The molecule has 0 aliphatic heterocycles. The molecule has 0 heterocycles. The Balaban J connectivity index is -0.000000187. The third-order valence-corrected chi connectivity index (χ3v) is 18.9. The summed E-state index contributed by atoms with van der Waals surface area (Å²) in [6, 6.07) is 0.980. The van der Waals surface area contributed by atoms with Crippen molar-refractivity contribution >= 4 is 34.0 Å². The van der Waals surface area contributed by atoms with E-state index in [0.29, 0.717) is 26.1 Å². The van der Waals surface area contributed by atoms with E-state index < -0.39 is 40.1 Å². The van der Waals surface area contributed by atoms with E-state index in [1.807, 2.05) is 0 Å². The molecule has 0 aromatic carbocycles. The van der Waals surface area contributed by atoms with Crippen molar-refractivity contribution in [2.24, 2.45) is 0 Å². The van der Waals surface area contributed by atoms with Crippen molar-refractivity contribution in [1.29, 1.82) is 0 Å². The van der Waals surface area contributed by atoms with Crippen LogP contribution in [0.3, 0.4) is 0 Å². The first-order valence-electron chi connectivity index (χ1n) is 10.6. The van der Waals surface area contributed by atoms with Gasteiger partial charge in [-0.2, -0.15) is 0 Å². The molecule has 0 saturated carbocycles. The molecule has 0 aliphatic rings. The predicted octanol–water partition coefficient (Wildman–Crippen LogP) is 8.57. The van der Waals surface area contributed by atoms with Crippen LogP contribution in [0.15, 0.2) is 0 Å². The van der Waals surface area contributed by atoms with Crippen LogP contribution in [0, 0.1) is 0 Å². The molecule has 2 unspecified atom stereocenters. The first-order valence-corrected chi connectivity index (χ1v) is 21.9. The van der Waals surface area contributed by atoms with Crippen LogP contribution >= 0.6 is 0 Å². The highest BCUT2D eigenvalue weighted by molar-refractivity contribution is 6.88. The van der Waals surface area contributed by atoms with Crippen LogP contribution < -0.4 is 0 Å². The third-order valence-electron chi connectivity index (χ3n) is 4.07. The first-order chi connectivity index (χ1) is 13.2. The second-order valence-electron chi connectivity index (χ2n) is 9.28. The largest absolute Gasteiger partial charge is 0.435 e. The molecule has 0 aliphatic carbocycles. The fourth-order valence-corrected chi connectivity index (χ4v) is 21.3. The summed E-state index contributed by atoms with van der Waals surface area (Å²) in [6.45, 7) is 19.9. The molecule has 0 amide bonds. The Morgan fingerprint density at radius 3 is 1.56 bits per heavy atom. The maximum Gasteiger partial charge on any atom is 0.325 e. The molecule has 0 aromatic heterocycles. The Kier molecular flexibility index (Phi) is 40.7. The van der Waals surface area contributed by atoms with Gasteiger partial charge in [-0.05, 0) is 58.8 Å². The van der Waals surface area contributed by atoms with Crippen LogP contribution in [0.4, 0.5) is 0 Å². The minimum absolute atomic E-state index is 0. The highest BCUT2D eigenvalue weighted by atomic mass is 28.5. The van der Waals surface area contributed by atoms with E-state index >= 15 is 0 Å². The topological polar surface area (TPSA) is 75.6 Å². The van der Waals surface area contributed by atoms with Gasteiger partial charge in [0, 0.05) is 7.11 Å². The average molecular weight is 599 g/mol. The van der Waals surface area contributed by atoms with Gasteiger partial charge in [-0.25, -0.2) is 0 Å². The predicted molar refractivity (Wildman–Crippen MR) is 174 cm³/mol. The zero-order valence-electron chi connectivity index (χ0n) is 20.4. The smallest absolute Gasteiger partial charge is 0.325 e. The minimum Gasteiger partial charge on any atom is -0.435 e. The van der Waals surface area contributed by atoms with Crippen LogP contribution in [0.5, 0.6) is 0 Å². The van der Waals surface area contributed by atoms with Crippen LogP contribution in [-0.4, -0.2) is 78.4 Å². The highest BCUT2D eigenvalue weighted by Crippen LogP contribution is 2.26. The molecule has 0 rings (SSSR count). The summed E-state index contributed by atoms with van der Waals surface area (Å²) >= 11 is 0. The van der Waals surface area contributed by atoms with Crippen molar-refractivity contribution in [3.05, 3.63) is 0 Å². The SMILES string of the molecule is C.C.C.C.C.C.C.CCCC[Si](C)(OC)O[Si](C)(C)O[Si](C)(C)O[Si](C)(C)COCCOCC(C)O. The molecular formula is C25H74O7Si4. The van der Waals surface area contributed by atoms with Gasteiger partial charge in [0.05, 0.1) is 32.2 Å². The van der Waals surface area contributed by atoms with Crippen molar-refractivity contribution in [3.63, 3.8) is 0 Å². The van der Waals surface area contributed by atoms with Gasteiger partial charge in [-0.1, -0.05) is 71.8 Å². The van der Waals surface area contributed by atoms with E-state index in [0.717, 1.165) is 18.9 Å². The van der Waals surface area contributed by atoms with Crippen LogP contribution in [-0.2, 0) is 26.2 Å². The molecule has 11 heteroatoms. The second-order valence-corrected chi connectivity index (χ2v) is 24.3. The second kappa shape index (κ2) is 25.8. The Bertz CT molecular complexity index is 454. The van der Waals surface area contributed by atoms with E-state index in [2.05, 4.69) is 52.8 Å². The summed E-state index contributed by atoms with van der Waals surface area (Å²) in [6.07, 6.45) is 2.37. The summed E-state index contributed by atoms with van der Waals surface area (Å²) in [5.41, 5.74) is 0. The maximum atomic E-state index is 9.19. The molecule has 2 atom stereocenters. The standard InChI is InChI=1S/C18H46O7Si4.7CH4/c1-11-12-15-29(10,20-3)25-28(8,9)24-27(6,7)23-26(4,5)17-22-14-13-21-16-18(2)19;;;;;;;/h18-19H,11-17H2,1-10H3;7*1H4. The fourth-order valence-electron chi connectivity index (χ4n) is 3.23. The number of rotatable bonds is 17. The van der Waals surface area contributed by atoms with Crippen LogP contribution in [0.1, 0.15) is 78.7 Å². The number of ether oxygens (including phenoxy) is 2. The van der Waals surface area contributed by atoms with Crippen LogP contribution in [0.25, 0.3) is 0 Å². The van der Waals surface area contributed by atoms with Crippen molar-refractivity contribution in [2.75, 3.05) is 33.2 Å². The molecule has 0 saturated heterocycles. The Hall–Kier alpha value is 0.588. The van der Waals surface area contributed by atoms with Gasteiger partial charge in [0.2, 0.25) is 8.32 Å². The summed E-state index contributed by atoms with van der Waals surface area (Å²) in [7, 11) is -7.30. The molecule has 0 bridgehead atoms. The van der Waals surface area contributed by atoms with Gasteiger partial charge in [-0.3, -0.25) is 0 Å². The van der Waals surface area contributed by atoms with Crippen molar-refractivity contribution in [1.82, 2.24) is 0 Å². The lowest BCUT2D eigenvalue weighted by molar-refractivity contribution is 0.0153. The lowest BCUT2D eigenvalue weighted by Gasteiger charge is -2.41. The zero-order chi connectivity index (χ0) is 22.8. The Labute approximate surface area is 234 Å². The summed E-state index contributed by atoms with van der Waals surface area (Å²) in [5.74, 6) is 0. The number of hydrogen-bond donors (Lipinski definition) is 1. The molecule has 1 N–H and O–H groups in total. The summed E-state index contributed by atoms with van der Waals surface area (Å²) in [5, 5.41) is 9.19. The number of aliphatic hydroxyl groups is 1. The van der Waals surface area contributed by atoms with E-state index in [1.165, 1.54) is 0 Å². The van der Waals surface area contributed by atoms with Gasteiger partial charge >= 0.3 is 25.7 Å². The molecule has 7 nitrogen and oxygen atoms in total. The summed E-state index contributed by atoms with van der Waals surface area (Å²) in [4.78, 5) is 0. The first kappa shape index (κ1) is 56.7. The quantitative estimate of drug-likeness (QED) is 0.133. The molecule has 0 fully saturated rings. The van der Waals surface area contributed by atoms with E-state index in [-0.39, 0.29) is 52.0 Å². The lowest BCUT2D eigenvalue weighted by atomic mass is 10.4. The molecule has 232 valence electrons. The molecule has 0 radical (unpaired) electrons. The normalized spacial score (nSPS) is 13.4. The van der Waals surface area contributed by atoms with Gasteiger partial charge in [0.1, 0.15) is 0 Å². The van der Waals surface area contributed by atoms with Crippen molar-refractivity contribution in [3.8, 4) is 0 Å². The fraction of sp³-hybridized carbons (Fsp3) is 1.00. The van der Waals surface area contributed by atoms with E-state index in [9.17, 15) is 5.11 Å². The van der Waals surface area contributed by atoms with Gasteiger partial charge in [0.25, 0.3) is 0 Å². The lowest BCUT2D eigenvalue weighted by Crippen LogP contribution is -2.58. The highest BCUT2D eigenvalue weighted by Gasteiger charge is 2.45. The Morgan fingerprint density at radius 2 is 1.14 bits per heavy atom. The number of hydrogen-bond acceptors (Lipinski definition) is 7. The summed E-state index contributed by atoms with van der Waals surface area (Å²) < 4.78 is 36.4. The van der Waals surface area contributed by atoms with Gasteiger partial charge in [-0.15, -0.1) is 0 Å². The number of unbranched alkanes of at least 4 members (excludes halogenated alkanes) is 1. The minimum atomic E-state index is -2.39. The van der Waals surface area contributed by atoms with E-state index in [4.69, 9.17) is 26.2 Å². The monoisotopic (exact) mass is 598 g/mol. The van der Waals surface area contributed by atoms with Crippen molar-refractivity contribution < 1.29 is 31.4 Å². The maximum absolute atomic E-state index is 9.19. The molecular weight excluding hydrogens is 525 g/mol. The van der Waals surface area contributed by atoms with Crippen LogP contribution in [0.2, 0.25) is 51.9 Å². The Morgan fingerprint density at radius 1 is 0.694 bits per heavy atom. The van der Waals surface area contributed by atoms with Gasteiger partial charge < -0.3 is 31.4 Å². The number of aliphatic hydroxyl groups excluding tert-OH is 1. The third kappa shape index (κ3) is 29.1. The zero-order valence-corrected chi connectivity index (χ0v) is 24.4. The molecule has 36 heavy (non-hydrogen) atoms. The van der Waals surface area contributed by atoms with E-state index in [1.54, 1.807) is 14.0 Å². The van der Waals surface area contributed by atoms with Gasteiger partial charge in [0.15, 0.2) is 0 Å². The van der Waals surface area contributed by atoms with Crippen molar-refractivity contribution in [2.45, 2.75) is 137 Å². The molecule has 0 aromatic rings. The average Bonchev–Trinajstić information content (AvgIpc) is 2.53.